The van der Waals surface area contributed by atoms with Gasteiger partial charge < -0.3 is 10.6 Å². The van der Waals surface area contributed by atoms with Gasteiger partial charge in [0.25, 0.3) is 5.91 Å². The maximum absolute atomic E-state index is 12.2. The van der Waals surface area contributed by atoms with E-state index in [0.29, 0.717) is 11.6 Å². The zero-order chi connectivity index (χ0) is 13.1. The Kier molecular flexibility index (Phi) is 3.42. The van der Waals surface area contributed by atoms with Gasteiger partial charge in [-0.25, -0.2) is 0 Å². The smallest absolute Gasteiger partial charge is 0.251 e. The second kappa shape index (κ2) is 5.36. The van der Waals surface area contributed by atoms with Crippen molar-refractivity contribution in [1.82, 2.24) is 15.6 Å². The molecule has 0 aliphatic carbocycles. The van der Waals surface area contributed by atoms with Crippen molar-refractivity contribution in [3.05, 3.63) is 42.1 Å². The van der Waals surface area contributed by atoms with Crippen molar-refractivity contribution in [3.8, 4) is 0 Å². The Bertz CT molecular complexity index is 591. The molecule has 0 radical (unpaired) electrons. The van der Waals surface area contributed by atoms with Gasteiger partial charge in [-0.2, -0.15) is 0 Å². The topological polar surface area (TPSA) is 54.0 Å². The van der Waals surface area contributed by atoms with Crippen LogP contribution in [0.1, 0.15) is 23.2 Å². The maximum Gasteiger partial charge on any atom is 0.251 e. The minimum atomic E-state index is 0.0117. The first-order chi connectivity index (χ1) is 9.33. The van der Waals surface area contributed by atoms with Crippen LogP contribution in [-0.4, -0.2) is 30.0 Å². The van der Waals surface area contributed by atoms with Crippen LogP contribution in [0.5, 0.6) is 0 Å². The van der Waals surface area contributed by atoms with Crippen LogP contribution in [0.25, 0.3) is 10.9 Å². The number of hydrogen-bond acceptors (Lipinski definition) is 3. The third-order valence-corrected chi connectivity index (χ3v) is 3.54. The molecule has 1 aromatic carbocycles. The molecule has 1 fully saturated rings. The Morgan fingerprint density at radius 3 is 2.95 bits per heavy atom. The lowest BCUT2D eigenvalue weighted by atomic mass is 10.1. The van der Waals surface area contributed by atoms with Gasteiger partial charge in [-0.15, -0.1) is 0 Å². The Labute approximate surface area is 112 Å². The Morgan fingerprint density at radius 1 is 1.26 bits per heavy atom. The molecule has 1 amide bonds. The molecule has 19 heavy (non-hydrogen) atoms. The minimum absolute atomic E-state index is 0.0117. The Balaban J connectivity index is 1.77. The highest BCUT2D eigenvalue weighted by Crippen LogP contribution is 2.14. The highest BCUT2D eigenvalue weighted by atomic mass is 16.1. The number of pyridine rings is 1. The standard InChI is InChI=1S/C15H17N3O/c19-15(18-13-5-8-16-9-6-13)12-3-4-14-11(10-12)2-1-7-17-14/h1-4,7,10,13,16H,5-6,8-9H2,(H,18,19). The van der Waals surface area contributed by atoms with Crippen LogP contribution in [-0.2, 0) is 0 Å². The summed E-state index contributed by atoms with van der Waals surface area (Å²) in [4.78, 5) is 16.5. The second-order valence-electron chi connectivity index (χ2n) is 4.91. The molecule has 1 saturated heterocycles. The fraction of sp³-hybridized carbons (Fsp3) is 0.333. The average molecular weight is 255 g/mol. The van der Waals surface area contributed by atoms with Crippen LogP contribution in [0.3, 0.4) is 0 Å². The molecule has 1 aromatic heterocycles. The zero-order valence-corrected chi connectivity index (χ0v) is 10.7. The third-order valence-electron chi connectivity index (χ3n) is 3.54. The molecule has 0 atom stereocenters. The van der Waals surface area contributed by atoms with Gasteiger partial charge in [0, 0.05) is 23.2 Å². The number of aromatic nitrogens is 1. The lowest BCUT2D eigenvalue weighted by molar-refractivity contribution is 0.0929. The van der Waals surface area contributed by atoms with E-state index >= 15 is 0 Å². The van der Waals surface area contributed by atoms with Crippen LogP contribution >= 0.6 is 0 Å². The SMILES string of the molecule is O=C(NC1CCNCC1)c1ccc2ncccc2c1. The Morgan fingerprint density at radius 2 is 2.11 bits per heavy atom. The van der Waals surface area contributed by atoms with E-state index < -0.39 is 0 Å². The van der Waals surface area contributed by atoms with Gasteiger partial charge in [-0.3, -0.25) is 9.78 Å². The average Bonchev–Trinajstić information content (AvgIpc) is 2.48. The first-order valence-electron chi connectivity index (χ1n) is 6.69. The molecule has 0 unspecified atom stereocenters. The van der Waals surface area contributed by atoms with Crippen molar-refractivity contribution >= 4 is 16.8 Å². The summed E-state index contributed by atoms with van der Waals surface area (Å²) in [6, 6.07) is 9.79. The van der Waals surface area contributed by atoms with Gasteiger partial charge >= 0.3 is 0 Å². The van der Waals surface area contributed by atoms with Gasteiger partial charge in [-0.1, -0.05) is 6.07 Å². The highest BCUT2D eigenvalue weighted by Gasteiger charge is 2.16. The van der Waals surface area contributed by atoms with Crippen molar-refractivity contribution in [2.24, 2.45) is 0 Å². The molecule has 0 saturated carbocycles. The summed E-state index contributed by atoms with van der Waals surface area (Å²) in [5.41, 5.74) is 1.62. The van der Waals surface area contributed by atoms with Crippen LogP contribution in [0.2, 0.25) is 0 Å². The molecule has 4 heteroatoms. The molecule has 2 heterocycles. The number of benzene rings is 1. The summed E-state index contributed by atoms with van der Waals surface area (Å²) in [5.74, 6) is 0.0117. The van der Waals surface area contributed by atoms with Gasteiger partial charge in [0.1, 0.15) is 0 Å². The summed E-state index contributed by atoms with van der Waals surface area (Å²) in [7, 11) is 0. The quantitative estimate of drug-likeness (QED) is 0.859. The van der Waals surface area contributed by atoms with Crippen LogP contribution in [0.4, 0.5) is 0 Å². The second-order valence-corrected chi connectivity index (χ2v) is 4.91. The summed E-state index contributed by atoms with van der Waals surface area (Å²) >= 11 is 0. The monoisotopic (exact) mass is 255 g/mol. The van der Waals surface area contributed by atoms with E-state index in [1.807, 2.05) is 30.3 Å². The number of fused-ring (bicyclic) bond motifs is 1. The zero-order valence-electron chi connectivity index (χ0n) is 10.7. The predicted octanol–water partition coefficient (Wildman–Crippen LogP) is 1.72. The number of piperidine rings is 1. The van der Waals surface area contributed by atoms with Crippen molar-refractivity contribution in [1.29, 1.82) is 0 Å². The van der Waals surface area contributed by atoms with Gasteiger partial charge in [0.2, 0.25) is 0 Å². The van der Waals surface area contributed by atoms with Gasteiger partial charge in [0.15, 0.2) is 0 Å². The summed E-state index contributed by atoms with van der Waals surface area (Å²) in [5, 5.41) is 7.39. The number of hydrogen-bond donors (Lipinski definition) is 2. The van der Waals surface area contributed by atoms with E-state index in [0.717, 1.165) is 36.8 Å². The summed E-state index contributed by atoms with van der Waals surface area (Å²) in [6.07, 6.45) is 3.76. The van der Waals surface area contributed by atoms with E-state index in [-0.39, 0.29) is 5.91 Å². The molecule has 3 rings (SSSR count). The highest BCUT2D eigenvalue weighted by molar-refractivity contribution is 5.98. The number of nitrogens with one attached hydrogen (secondary N) is 2. The van der Waals surface area contributed by atoms with E-state index in [1.165, 1.54) is 0 Å². The van der Waals surface area contributed by atoms with Crippen LogP contribution in [0, 0.1) is 0 Å². The molecule has 2 N–H and O–H groups in total. The molecule has 2 aromatic rings. The predicted molar refractivity (Wildman–Crippen MR) is 75.1 cm³/mol. The third kappa shape index (κ3) is 2.74. The lowest BCUT2D eigenvalue weighted by Crippen LogP contribution is -2.42. The fourth-order valence-electron chi connectivity index (χ4n) is 2.45. The van der Waals surface area contributed by atoms with E-state index in [2.05, 4.69) is 15.6 Å². The van der Waals surface area contributed by atoms with Crippen molar-refractivity contribution < 1.29 is 4.79 Å². The molecule has 1 aliphatic heterocycles. The number of nitrogens with zero attached hydrogens (tertiary/aromatic N) is 1. The molecule has 4 nitrogen and oxygen atoms in total. The normalized spacial score (nSPS) is 16.4. The molecular formula is C15H17N3O. The lowest BCUT2D eigenvalue weighted by Gasteiger charge is -2.23. The fourth-order valence-corrected chi connectivity index (χ4v) is 2.45. The molecule has 0 spiro atoms. The molecular weight excluding hydrogens is 238 g/mol. The molecule has 98 valence electrons. The van der Waals surface area contributed by atoms with E-state index in [4.69, 9.17) is 0 Å². The summed E-state index contributed by atoms with van der Waals surface area (Å²) in [6.45, 7) is 1.96. The Hall–Kier alpha value is -1.94. The van der Waals surface area contributed by atoms with Crippen molar-refractivity contribution in [2.45, 2.75) is 18.9 Å². The van der Waals surface area contributed by atoms with Crippen molar-refractivity contribution in [2.75, 3.05) is 13.1 Å². The van der Waals surface area contributed by atoms with Crippen molar-refractivity contribution in [3.63, 3.8) is 0 Å². The largest absolute Gasteiger partial charge is 0.349 e. The first-order valence-corrected chi connectivity index (χ1v) is 6.69. The van der Waals surface area contributed by atoms with Crippen LogP contribution in [0.15, 0.2) is 36.5 Å². The summed E-state index contributed by atoms with van der Waals surface area (Å²) < 4.78 is 0. The first kappa shape index (κ1) is 12.1. The number of carbonyl (C=O) groups is 1. The minimum Gasteiger partial charge on any atom is -0.349 e. The number of rotatable bonds is 2. The van der Waals surface area contributed by atoms with Crippen LogP contribution < -0.4 is 10.6 Å². The van der Waals surface area contributed by atoms with Gasteiger partial charge in [0.05, 0.1) is 5.52 Å². The van der Waals surface area contributed by atoms with E-state index in [9.17, 15) is 4.79 Å². The molecule has 1 aliphatic rings. The van der Waals surface area contributed by atoms with E-state index in [1.54, 1.807) is 6.20 Å². The number of carbonyl (C=O) groups excluding carboxylic acids is 1. The molecule has 0 bridgehead atoms. The van der Waals surface area contributed by atoms with Gasteiger partial charge in [-0.05, 0) is 50.2 Å². The maximum atomic E-state index is 12.2. The number of amides is 1.